The van der Waals surface area contributed by atoms with Gasteiger partial charge in [-0.15, -0.1) is 0 Å². The van der Waals surface area contributed by atoms with E-state index >= 15 is 0 Å². The Morgan fingerprint density at radius 2 is 2.25 bits per heavy atom. The molecule has 0 radical (unpaired) electrons. The van der Waals surface area contributed by atoms with Crippen molar-refractivity contribution in [3.8, 4) is 0 Å². The normalized spacial score (nSPS) is 10.6. The van der Waals surface area contributed by atoms with Crippen LogP contribution in [0.4, 0.5) is 10.2 Å². The van der Waals surface area contributed by atoms with Gasteiger partial charge in [-0.1, -0.05) is 29.9 Å². The lowest BCUT2D eigenvalue weighted by Gasteiger charge is -2.09. The van der Waals surface area contributed by atoms with E-state index in [0.29, 0.717) is 6.54 Å². The molecule has 0 amide bonds. The average Bonchev–Trinajstić information content (AvgIpc) is 2.65. The van der Waals surface area contributed by atoms with Crippen LogP contribution >= 0.6 is 23.8 Å². The van der Waals surface area contributed by atoms with Crippen LogP contribution in [0.2, 0.25) is 5.02 Å². The van der Waals surface area contributed by atoms with E-state index in [0.717, 1.165) is 22.6 Å². The van der Waals surface area contributed by atoms with Crippen LogP contribution in [-0.4, -0.2) is 14.8 Å². The molecule has 1 aromatic carbocycles. The summed E-state index contributed by atoms with van der Waals surface area (Å²) in [6.45, 7) is 2.31. The molecule has 0 saturated heterocycles. The van der Waals surface area contributed by atoms with Gasteiger partial charge in [-0.2, -0.15) is 5.10 Å². The molecule has 2 rings (SSSR count). The molecule has 0 spiro atoms. The fourth-order valence-corrected chi connectivity index (χ4v) is 2.44. The molecular weight excluding hydrogens is 299 g/mol. The van der Waals surface area contributed by atoms with E-state index < -0.39 is 5.82 Å². The van der Waals surface area contributed by atoms with Crippen LogP contribution in [0.1, 0.15) is 16.8 Å². The molecule has 0 bridgehead atoms. The van der Waals surface area contributed by atoms with E-state index in [2.05, 4.69) is 10.4 Å². The number of nitrogens with two attached hydrogens (primary N) is 1. The molecule has 0 atom stereocenters. The van der Waals surface area contributed by atoms with Crippen molar-refractivity contribution in [1.82, 2.24) is 9.78 Å². The van der Waals surface area contributed by atoms with E-state index in [9.17, 15) is 4.39 Å². The summed E-state index contributed by atoms with van der Waals surface area (Å²) in [5.41, 5.74) is 8.04. The highest BCUT2D eigenvalue weighted by Crippen LogP contribution is 2.21. The van der Waals surface area contributed by atoms with Crippen molar-refractivity contribution in [3.63, 3.8) is 0 Å². The zero-order valence-electron chi connectivity index (χ0n) is 11.1. The fraction of sp³-hybridized carbons (Fsp3) is 0.231. The first kappa shape index (κ1) is 14.7. The smallest absolute Gasteiger partial charge is 0.141 e. The molecule has 0 aliphatic carbocycles. The van der Waals surface area contributed by atoms with Gasteiger partial charge < -0.3 is 11.1 Å². The Labute approximate surface area is 126 Å². The largest absolute Gasteiger partial charge is 0.389 e. The van der Waals surface area contributed by atoms with Crippen LogP contribution in [0.15, 0.2) is 18.2 Å². The fourth-order valence-electron chi connectivity index (χ4n) is 1.99. The standard InChI is InChI=1S/C13H14ClFN4S/c1-7-11(12(16)20)13(19(2)18-7)17-6-8-3-4-10(15)9(14)5-8/h3-5,17H,6H2,1-2H3,(H2,16,20). The molecule has 0 unspecified atom stereocenters. The first-order chi connectivity index (χ1) is 9.40. The summed E-state index contributed by atoms with van der Waals surface area (Å²) < 4.78 is 14.8. The summed E-state index contributed by atoms with van der Waals surface area (Å²) >= 11 is 10.8. The first-order valence-corrected chi connectivity index (χ1v) is 6.70. The van der Waals surface area contributed by atoms with Crippen molar-refractivity contribution in [2.24, 2.45) is 12.8 Å². The molecule has 4 nitrogen and oxygen atoms in total. The van der Waals surface area contributed by atoms with Gasteiger partial charge in [0, 0.05) is 13.6 Å². The number of hydrogen-bond acceptors (Lipinski definition) is 3. The number of benzene rings is 1. The van der Waals surface area contributed by atoms with Crippen molar-refractivity contribution < 1.29 is 4.39 Å². The number of nitrogens with one attached hydrogen (secondary N) is 1. The van der Waals surface area contributed by atoms with E-state index in [1.807, 2.05) is 6.92 Å². The van der Waals surface area contributed by atoms with Gasteiger partial charge in [0.05, 0.1) is 16.3 Å². The second-order valence-electron chi connectivity index (χ2n) is 4.40. The topological polar surface area (TPSA) is 55.9 Å². The van der Waals surface area contributed by atoms with E-state index in [4.69, 9.17) is 29.6 Å². The average molecular weight is 313 g/mol. The van der Waals surface area contributed by atoms with Crippen LogP contribution < -0.4 is 11.1 Å². The molecule has 7 heteroatoms. The quantitative estimate of drug-likeness (QED) is 0.852. The zero-order chi connectivity index (χ0) is 14.9. The van der Waals surface area contributed by atoms with Crippen LogP contribution in [0, 0.1) is 12.7 Å². The molecule has 0 aliphatic rings. The lowest BCUT2D eigenvalue weighted by atomic mass is 10.2. The number of aryl methyl sites for hydroxylation is 2. The van der Waals surface area contributed by atoms with E-state index in [1.165, 1.54) is 6.07 Å². The highest BCUT2D eigenvalue weighted by atomic mass is 35.5. The van der Waals surface area contributed by atoms with Crippen molar-refractivity contribution in [2.45, 2.75) is 13.5 Å². The first-order valence-electron chi connectivity index (χ1n) is 5.91. The minimum Gasteiger partial charge on any atom is -0.389 e. The minimum atomic E-state index is -0.435. The van der Waals surface area contributed by atoms with Crippen LogP contribution in [0.25, 0.3) is 0 Å². The summed E-state index contributed by atoms with van der Waals surface area (Å²) in [4.78, 5) is 0.287. The Hall–Kier alpha value is -1.66. The molecule has 0 aliphatic heterocycles. The van der Waals surface area contributed by atoms with Gasteiger partial charge in [-0.25, -0.2) is 4.39 Å². The van der Waals surface area contributed by atoms with Gasteiger partial charge in [-0.05, 0) is 24.6 Å². The molecule has 2 aromatic rings. The molecule has 0 fully saturated rings. The lowest BCUT2D eigenvalue weighted by Crippen LogP contribution is -2.14. The van der Waals surface area contributed by atoms with E-state index in [1.54, 1.807) is 23.9 Å². The van der Waals surface area contributed by atoms with Gasteiger partial charge in [-0.3, -0.25) is 4.68 Å². The monoisotopic (exact) mass is 312 g/mol. The van der Waals surface area contributed by atoms with E-state index in [-0.39, 0.29) is 10.0 Å². The number of aromatic nitrogens is 2. The Bertz CT molecular complexity index is 669. The second-order valence-corrected chi connectivity index (χ2v) is 5.25. The summed E-state index contributed by atoms with van der Waals surface area (Å²) in [5, 5.41) is 7.57. The third-order valence-electron chi connectivity index (χ3n) is 2.91. The minimum absolute atomic E-state index is 0.0973. The SMILES string of the molecule is Cc1nn(C)c(NCc2ccc(F)c(Cl)c2)c1C(N)=S. The third kappa shape index (κ3) is 2.91. The number of hydrogen-bond donors (Lipinski definition) is 2. The highest BCUT2D eigenvalue weighted by molar-refractivity contribution is 7.80. The highest BCUT2D eigenvalue weighted by Gasteiger charge is 2.15. The second kappa shape index (κ2) is 5.76. The third-order valence-corrected chi connectivity index (χ3v) is 3.41. The van der Waals surface area contributed by atoms with Crippen LogP contribution in [-0.2, 0) is 13.6 Å². The molecular formula is C13H14ClFN4S. The predicted octanol–water partition coefficient (Wildman–Crippen LogP) is 2.77. The predicted molar refractivity (Wildman–Crippen MR) is 82.6 cm³/mol. The molecule has 3 N–H and O–H groups in total. The Morgan fingerprint density at radius 3 is 2.85 bits per heavy atom. The Morgan fingerprint density at radius 1 is 1.55 bits per heavy atom. The number of halogens is 2. The molecule has 20 heavy (non-hydrogen) atoms. The lowest BCUT2D eigenvalue weighted by molar-refractivity contribution is 0.627. The summed E-state index contributed by atoms with van der Waals surface area (Å²) in [7, 11) is 1.80. The molecule has 1 aromatic heterocycles. The number of rotatable bonds is 4. The molecule has 106 valence electrons. The molecule has 0 saturated carbocycles. The van der Waals surface area contributed by atoms with Crippen molar-refractivity contribution >= 4 is 34.6 Å². The maximum absolute atomic E-state index is 13.1. The van der Waals surface area contributed by atoms with Crippen molar-refractivity contribution in [3.05, 3.63) is 45.9 Å². The van der Waals surface area contributed by atoms with Crippen molar-refractivity contribution in [2.75, 3.05) is 5.32 Å². The molecule has 1 heterocycles. The van der Waals surface area contributed by atoms with Gasteiger partial charge >= 0.3 is 0 Å². The van der Waals surface area contributed by atoms with Gasteiger partial charge in [0.2, 0.25) is 0 Å². The summed E-state index contributed by atoms with van der Waals surface area (Å²) in [6, 6.07) is 4.58. The number of thiocarbonyl (C=S) groups is 1. The van der Waals surface area contributed by atoms with Crippen molar-refractivity contribution in [1.29, 1.82) is 0 Å². The van der Waals surface area contributed by atoms with Gasteiger partial charge in [0.1, 0.15) is 16.6 Å². The maximum atomic E-state index is 13.1. The van der Waals surface area contributed by atoms with Gasteiger partial charge in [0.25, 0.3) is 0 Å². The van der Waals surface area contributed by atoms with Gasteiger partial charge in [0.15, 0.2) is 0 Å². The summed E-state index contributed by atoms with van der Waals surface area (Å²) in [5.74, 6) is 0.297. The maximum Gasteiger partial charge on any atom is 0.141 e. The summed E-state index contributed by atoms with van der Waals surface area (Å²) in [6.07, 6.45) is 0. The number of anilines is 1. The Balaban J connectivity index is 2.22. The van der Waals surface area contributed by atoms with Crippen LogP contribution in [0.3, 0.4) is 0 Å². The zero-order valence-corrected chi connectivity index (χ0v) is 12.6. The number of nitrogens with zero attached hydrogens (tertiary/aromatic N) is 2. The Kier molecular flexibility index (Phi) is 4.25. The van der Waals surface area contributed by atoms with Crippen LogP contribution in [0.5, 0.6) is 0 Å².